The van der Waals surface area contributed by atoms with E-state index in [-0.39, 0.29) is 24.6 Å². The maximum Gasteiger partial charge on any atom is 0.270 e. The number of aromatic nitrogens is 3. The molecule has 3 aromatic rings. The van der Waals surface area contributed by atoms with Gasteiger partial charge in [-0.25, -0.2) is 9.37 Å². The molecule has 0 atom stereocenters. The van der Waals surface area contributed by atoms with Gasteiger partial charge in [-0.1, -0.05) is 6.07 Å². The van der Waals surface area contributed by atoms with E-state index in [2.05, 4.69) is 20.7 Å². The second-order valence-electron chi connectivity index (χ2n) is 5.92. The summed E-state index contributed by atoms with van der Waals surface area (Å²) in [4.78, 5) is 28.4. The van der Waals surface area contributed by atoms with Crippen molar-refractivity contribution in [3.63, 3.8) is 0 Å². The van der Waals surface area contributed by atoms with Crippen molar-refractivity contribution in [2.75, 3.05) is 13.1 Å². The molecule has 1 aromatic carbocycles. The van der Waals surface area contributed by atoms with Gasteiger partial charge in [-0.05, 0) is 24.6 Å². The first kappa shape index (κ1) is 18.7. The molecule has 0 aliphatic rings. The van der Waals surface area contributed by atoms with Crippen molar-refractivity contribution in [2.24, 2.45) is 7.05 Å². The zero-order valence-electron chi connectivity index (χ0n) is 14.8. The quantitative estimate of drug-likeness (QED) is 0.635. The Kier molecular flexibility index (Phi) is 5.60. The van der Waals surface area contributed by atoms with Gasteiger partial charge in [0, 0.05) is 42.8 Å². The molecular weight excluding hydrogens is 369 g/mol. The fraction of sp³-hybridized carbons (Fsp3) is 0.222. The Morgan fingerprint density at radius 3 is 2.63 bits per heavy atom. The summed E-state index contributed by atoms with van der Waals surface area (Å²) in [5.74, 6) is -1.14. The highest BCUT2D eigenvalue weighted by molar-refractivity contribution is 7.13. The van der Waals surface area contributed by atoms with Crippen molar-refractivity contribution in [1.29, 1.82) is 0 Å². The third kappa shape index (κ3) is 4.56. The lowest BCUT2D eigenvalue weighted by Gasteiger charge is -2.07. The number of hydrogen-bond donors (Lipinski definition) is 2. The minimum atomic E-state index is -0.427. The molecule has 7 nitrogen and oxygen atoms in total. The summed E-state index contributed by atoms with van der Waals surface area (Å²) in [5, 5.41) is 11.8. The molecule has 9 heteroatoms. The van der Waals surface area contributed by atoms with E-state index in [0.29, 0.717) is 16.3 Å². The number of halogens is 1. The van der Waals surface area contributed by atoms with E-state index >= 15 is 0 Å². The fourth-order valence-electron chi connectivity index (χ4n) is 2.32. The molecule has 0 aliphatic carbocycles. The van der Waals surface area contributed by atoms with E-state index in [0.717, 1.165) is 5.56 Å². The lowest BCUT2D eigenvalue weighted by molar-refractivity contribution is 0.0925. The van der Waals surface area contributed by atoms with Crippen LogP contribution in [-0.2, 0) is 7.05 Å². The minimum absolute atomic E-state index is 0.222. The Balaban J connectivity index is 1.47. The van der Waals surface area contributed by atoms with Crippen LogP contribution in [0.15, 0.2) is 36.0 Å². The van der Waals surface area contributed by atoms with Crippen LogP contribution in [-0.4, -0.2) is 39.7 Å². The van der Waals surface area contributed by atoms with Gasteiger partial charge >= 0.3 is 0 Å². The van der Waals surface area contributed by atoms with Crippen LogP contribution in [0.4, 0.5) is 4.39 Å². The minimum Gasteiger partial charge on any atom is -0.350 e. The first-order valence-corrected chi connectivity index (χ1v) is 9.09. The molecule has 0 unspecified atom stereocenters. The van der Waals surface area contributed by atoms with Crippen molar-refractivity contribution in [3.05, 3.63) is 58.6 Å². The summed E-state index contributed by atoms with van der Waals surface area (Å²) >= 11 is 1.36. The maximum atomic E-state index is 13.5. The van der Waals surface area contributed by atoms with Crippen LogP contribution in [0.5, 0.6) is 0 Å². The zero-order chi connectivity index (χ0) is 19.4. The predicted octanol–water partition coefficient (Wildman–Crippen LogP) is 2.15. The smallest absolute Gasteiger partial charge is 0.270 e. The average molecular weight is 387 g/mol. The molecule has 0 spiro atoms. The fourth-order valence-corrected chi connectivity index (χ4v) is 3.10. The van der Waals surface area contributed by atoms with Crippen LogP contribution < -0.4 is 10.6 Å². The van der Waals surface area contributed by atoms with Crippen LogP contribution in [0.1, 0.15) is 26.4 Å². The summed E-state index contributed by atoms with van der Waals surface area (Å²) in [6, 6.07) is 4.30. The largest absolute Gasteiger partial charge is 0.350 e. The van der Waals surface area contributed by atoms with Gasteiger partial charge in [0.1, 0.15) is 16.5 Å². The molecule has 2 amide bonds. The SMILES string of the molecule is Cc1ccc(C(=O)NCCNC(=O)c2csc(-c3cnn(C)c3)n2)cc1F. The molecule has 3 rings (SSSR count). The van der Waals surface area contributed by atoms with Crippen molar-refractivity contribution >= 4 is 23.2 Å². The van der Waals surface area contributed by atoms with Gasteiger partial charge in [0.15, 0.2) is 0 Å². The molecule has 2 aromatic heterocycles. The number of carbonyl (C=O) groups is 2. The molecule has 0 fully saturated rings. The second-order valence-corrected chi connectivity index (χ2v) is 6.77. The van der Waals surface area contributed by atoms with E-state index in [1.165, 1.54) is 17.4 Å². The number of amides is 2. The van der Waals surface area contributed by atoms with Crippen molar-refractivity contribution < 1.29 is 14.0 Å². The molecule has 27 heavy (non-hydrogen) atoms. The number of thiazole rings is 1. The lowest BCUT2D eigenvalue weighted by atomic mass is 10.1. The second kappa shape index (κ2) is 8.09. The first-order valence-electron chi connectivity index (χ1n) is 8.21. The Bertz CT molecular complexity index is 982. The van der Waals surface area contributed by atoms with E-state index in [1.54, 1.807) is 35.3 Å². The molecule has 0 bridgehead atoms. The molecule has 2 N–H and O–H groups in total. The zero-order valence-corrected chi connectivity index (χ0v) is 15.6. The summed E-state index contributed by atoms with van der Waals surface area (Å²) in [6.45, 7) is 2.09. The van der Waals surface area contributed by atoms with Crippen molar-refractivity contribution in [1.82, 2.24) is 25.4 Å². The molecule has 140 valence electrons. The topological polar surface area (TPSA) is 88.9 Å². The monoisotopic (exact) mass is 387 g/mol. The molecule has 0 saturated heterocycles. The van der Waals surface area contributed by atoms with Gasteiger partial charge < -0.3 is 10.6 Å². The molecule has 0 aliphatic heterocycles. The number of nitrogens with one attached hydrogen (secondary N) is 2. The standard InChI is InChI=1S/C18H18FN5O2S/c1-11-3-4-12(7-14(11)19)16(25)20-5-6-21-17(26)15-10-27-18(23-15)13-8-22-24(2)9-13/h3-4,7-10H,5-6H2,1-2H3,(H,20,25)(H,21,26). The van der Waals surface area contributed by atoms with Gasteiger partial charge in [-0.2, -0.15) is 5.10 Å². The first-order chi connectivity index (χ1) is 12.9. The Morgan fingerprint density at radius 2 is 1.96 bits per heavy atom. The Morgan fingerprint density at radius 1 is 1.22 bits per heavy atom. The van der Waals surface area contributed by atoms with Crippen LogP contribution >= 0.6 is 11.3 Å². The number of benzene rings is 1. The van der Waals surface area contributed by atoms with Gasteiger partial charge in [0.25, 0.3) is 11.8 Å². The van der Waals surface area contributed by atoms with Crippen LogP contribution in [0, 0.1) is 12.7 Å². The number of nitrogens with zero attached hydrogens (tertiary/aromatic N) is 3. The van der Waals surface area contributed by atoms with E-state index < -0.39 is 11.7 Å². The number of carbonyl (C=O) groups excluding carboxylic acids is 2. The normalized spacial score (nSPS) is 10.6. The third-order valence-corrected chi connectivity index (χ3v) is 4.71. The van der Waals surface area contributed by atoms with Gasteiger partial charge in [-0.3, -0.25) is 14.3 Å². The highest BCUT2D eigenvalue weighted by atomic mass is 32.1. The van der Waals surface area contributed by atoms with Gasteiger partial charge in [0.05, 0.1) is 6.20 Å². The lowest BCUT2D eigenvalue weighted by Crippen LogP contribution is -2.34. The summed E-state index contributed by atoms with van der Waals surface area (Å²) < 4.78 is 15.2. The third-order valence-electron chi connectivity index (χ3n) is 3.82. The average Bonchev–Trinajstić information content (AvgIpc) is 3.29. The Hall–Kier alpha value is -3.07. The molecule has 2 heterocycles. The van der Waals surface area contributed by atoms with Gasteiger partial charge in [0.2, 0.25) is 0 Å². The summed E-state index contributed by atoms with van der Waals surface area (Å²) in [7, 11) is 1.81. The van der Waals surface area contributed by atoms with E-state index in [1.807, 2.05) is 13.2 Å². The van der Waals surface area contributed by atoms with Crippen LogP contribution in [0.25, 0.3) is 10.6 Å². The van der Waals surface area contributed by atoms with Crippen LogP contribution in [0.3, 0.4) is 0 Å². The van der Waals surface area contributed by atoms with Gasteiger partial charge in [-0.15, -0.1) is 11.3 Å². The van der Waals surface area contributed by atoms with Crippen molar-refractivity contribution in [2.45, 2.75) is 6.92 Å². The summed E-state index contributed by atoms with van der Waals surface area (Å²) in [6.07, 6.45) is 3.51. The predicted molar refractivity (Wildman–Crippen MR) is 100 cm³/mol. The number of hydrogen-bond acceptors (Lipinski definition) is 5. The van der Waals surface area contributed by atoms with E-state index in [9.17, 15) is 14.0 Å². The number of rotatable bonds is 6. The van der Waals surface area contributed by atoms with Crippen LogP contribution in [0.2, 0.25) is 0 Å². The maximum absolute atomic E-state index is 13.5. The molecule has 0 saturated carbocycles. The highest BCUT2D eigenvalue weighted by Gasteiger charge is 2.13. The van der Waals surface area contributed by atoms with Crippen molar-refractivity contribution in [3.8, 4) is 10.6 Å². The summed E-state index contributed by atoms with van der Waals surface area (Å²) in [5.41, 5.74) is 1.88. The Labute approximate surface area is 159 Å². The number of aryl methyl sites for hydroxylation is 2. The highest BCUT2D eigenvalue weighted by Crippen LogP contribution is 2.22. The molecular formula is C18H18FN5O2S. The molecule has 0 radical (unpaired) electrons. The van der Waals surface area contributed by atoms with E-state index in [4.69, 9.17) is 0 Å².